The van der Waals surface area contributed by atoms with Gasteiger partial charge in [-0.05, 0) is 18.6 Å². The summed E-state index contributed by atoms with van der Waals surface area (Å²) in [6, 6.07) is 9.38. The maximum atomic E-state index is 8.91. The summed E-state index contributed by atoms with van der Waals surface area (Å²) < 4.78 is 16.4. The zero-order valence-electron chi connectivity index (χ0n) is 11.0. The first-order valence-electron chi connectivity index (χ1n) is 6.67. The van der Waals surface area contributed by atoms with Gasteiger partial charge in [0.05, 0.1) is 25.4 Å². The van der Waals surface area contributed by atoms with Crippen molar-refractivity contribution in [2.45, 2.75) is 12.8 Å². The van der Waals surface area contributed by atoms with E-state index in [1.165, 1.54) is 0 Å². The molecule has 1 aromatic rings. The van der Waals surface area contributed by atoms with Gasteiger partial charge in [-0.2, -0.15) is 5.26 Å². The molecule has 1 fully saturated rings. The van der Waals surface area contributed by atoms with Crippen LogP contribution in [0.15, 0.2) is 24.3 Å². The number of para-hydroxylation sites is 1. The van der Waals surface area contributed by atoms with Crippen LogP contribution in [0.25, 0.3) is 0 Å². The van der Waals surface area contributed by atoms with Crippen LogP contribution in [-0.4, -0.2) is 33.0 Å². The molecule has 1 aliphatic rings. The van der Waals surface area contributed by atoms with E-state index in [0.717, 1.165) is 32.7 Å². The van der Waals surface area contributed by atoms with E-state index in [1.807, 2.05) is 18.2 Å². The van der Waals surface area contributed by atoms with Gasteiger partial charge in [0.2, 0.25) is 0 Å². The maximum absolute atomic E-state index is 8.91. The van der Waals surface area contributed by atoms with Gasteiger partial charge in [0.1, 0.15) is 11.8 Å². The largest absolute Gasteiger partial charge is 0.492 e. The van der Waals surface area contributed by atoms with Crippen LogP contribution in [-0.2, 0) is 9.47 Å². The number of ether oxygens (including phenoxy) is 3. The SMILES string of the molecule is N#Cc1ccccc1OCCCOCC1CCOC1. The first kappa shape index (κ1) is 13.9. The maximum Gasteiger partial charge on any atom is 0.137 e. The number of nitrogens with zero attached hydrogens (tertiary/aromatic N) is 1. The number of hydrogen-bond donors (Lipinski definition) is 0. The van der Waals surface area contributed by atoms with E-state index in [4.69, 9.17) is 19.5 Å². The average Bonchev–Trinajstić information content (AvgIpc) is 2.96. The molecule has 1 saturated heterocycles. The van der Waals surface area contributed by atoms with Crippen LogP contribution in [0.3, 0.4) is 0 Å². The molecule has 0 spiro atoms. The smallest absolute Gasteiger partial charge is 0.137 e. The summed E-state index contributed by atoms with van der Waals surface area (Å²) in [6.45, 7) is 3.72. The summed E-state index contributed by atoms with van der Waals surface area (Å²) in [5.41, 5.74) is 0.575. The fourth-order valence-corrected chi connectivity index (χ4v) is 1.99. The van der Waals surface area contributed by atoms with Crippen molar-refractivity contribution in [2.75, 3.05) is 33.0 Å². The van der Waals surface area contributed by atoms with Crippen LogP contribution in [0.2, 0.25) is 0 Å². The molecule has 4 nitrogen and oxygen atoms in total. The molecule has 1 aliphatic heterocycles. The van der Waals surface area contributed by atoms with E-state index in [0.29, 0.717) is 30.4 Å². The molecule has 0 N–H and O–H groups in total. The van der Waals surface area contributed by atoms with Crippen LogP contribution in [0.1, 0.15) is 18.4 Å². The quantitative estimate of drug-likeness (QED) is 0.707. The predicted molar refractivity (Wildman–Crippen MR) is 71.0 cm³/mol. The molecule has 1 aromatic carbocycles. The van der Waals surface area contributed by atoms with E-state index >= 15 is 0 Å². The molecular weight excluding hydrogens is 242 g/mol. The van der Waals surface area contributed by atoms with E-state index in [2.05, 4.69) is 6.07 Å². The van der Waals surface area contributed by atoms with Crippen molar-refractivity contribution in [3.63, 3.8) is 0 Å². The van der Waals surface area contributed by atoms with Crippen molar-refractivity contribution in [3.8, 4) is 11.8 Å². The lowest BCUT2D eigenvalue weighted by Gasteiger charge is -2.10. The molecule has 1 heterocycles. The van der Waals surface area contributed by atoms with E-state index < -0.39 is 0 Å². The van der Waals surface area contributed by atoms with Gasteiger partial charge in [0.15, 0.2) is 0 Å². The highest BCUT2D eigenvalue weighted by molar-refractivity contribution is 5.42. The Morgan fingerprint density at radius 1 is 1.32 bits per heavy atom. The molecular formula is C15H19NO3. The minimum atomic E-state index is 0.556. The molecule has 0 amide bonds. The van der Waals surface area contributed by atoms with Crippen molar-refractivity contribution in [1.29, 1.82) is 5.26 Å². The summed E-state index contributed by atoms with van der Waals surface area (Å²) in [7, 11) is 0. The molecule has 2 rings (SSSR count). The Bertz CT molecular complexity index is 422. The Kier molecular flexibility index (Phi) is 5.67. The minimum absolute atomic E-state index is 0.556. The van der Waals surface area contributed by atoms with Crippen molar-refractivity contribution in [1.82, 2.24) is 0 Å². The highest BCUT2D eigenvalue weighted by Crippen LogP contribution is 2.16. The van der Waals surface area contributed by atoms with E-state index in [-0.39, 0.29) is 0 Å². The standard InChI is InChI=1S/C15H19NO3/c16-10-14-4-1-2-5-15(14)19-8-3-7-17-11-13-6-9-18-12-13/h1-2,4-5,13H,3,6-9,11-12H2. The molecule has 4 heteroatoms. The molecule has 0 aliphatic carbocycles. The molecule has 19 heavy (non-hydrogen) atoms. The fourth-order valence-electron chi connectivity index (χ4n) is 1.99. The lowest BCUT2D eigenvalue weighted by Crippen LogP contribution is -2.11. The van der Waals surface area contributed by atoms with Gasteiger partial charge in [-0.3, -0.25) is 0 Å². The zero-order chi connectivity index (χ0) is 13.3. The summed E-state index contributed by atoms with van der Waals surface area (Å²) in [6.07, 6.45) is 1.93. The summed E-state index contributed by atoms with van der Waals surface area (Å²) >= 11 is 0. The highest BCUT2D eigenvalue weighted by atomic mass is 16.5. The second-order valence-corrected chi connectivity index (χ2v) is 4.61. The summed E-state index contributed by atoms with van der Waals surface area (Å²) in [5, 5.41) is 8.91. The van der Waals surface area contributed by atoms with Crippen LogP contribution in [0, 0.1) is 17.2 Å². The van der Waals surface area contributed by atoms with Gasteiger partial charge in [-0.25, -0.2) is 0 Å². The Balaban J connectivity index is 1.57. The second-order valence-electron chi connectivity index (χ2n) is 4.61. The fraction of sp³-hybridized carbons (Fsp3) is 0.533. The number of hydrogen-bond acceptors (Lipinski definition) is 4. The van der Waals surface area contributed by atoms with Crippen LogP contribution >= 0.6 is 0 Å². The third-order valence-electron chi connectivity index (χ3n) is 3.08. The molecule has 0 radical (unpaired) electrons. The number of benzene rings is 1. The van der Waals surface area contributed by atoms with Gasteiger partial charge in [-0.15, -0.1) is 0 Å². The van der Waals surface area contributed by atoms with E-state index in [9.17, 15) is 0 Å². The van der Waals surface area contributed by atoms with Gasteiger partial charge in [0.25, 0.3) is 0 Å². The second kappa shape index (κ2) is 7.78. The predicted octanol–water partition coefficient (Wildman–Crippen LogP) is 2.38. The zero-order valence-corrected chi connectivity index (χ0v) is 11.0. The molecule has 0 saturated carbocycles. The van der Waals surface area contributed by atoms with Crippen LogP contribution in [0.4, 0.5) is 0 Å². The van der Waals surface area contributed by atoms with Gasteiger partial charge >= 0.3 is 0 Å². The third-order valence-corrected chi connectivity index (χ3v) is 3.08. The summed E-state index contributed by atoms with van der Waals surface area (Å²) in [5.74, 6) is 1.20. The van der Waals surface area contributed by atoms with Crippen molar-refractivity contribution >= 4 is 0 Å². The van der Waals surface area contributed by atoms with Crippen molar-refractivity contribution in [2.24, 2.45) is 5.92 Å². The van der Waals surface area contributed by atoms with Crippen molar-refractivity contribution in [3.05, 3.63) is 29.8 Å². The monoisotopic (exact) mass is 261 g/mol. The van der Waals surface area contributed by atoms with Crippen molar-refractivity contribution < 1.29 is 14.2 Å². The molecule has 102 valence electrons. The highest BCUT2D eigenvalue weighted by Gasteiger charge is 2.15. The Morgan fingerprint density at radius 2 is 2.21 bits per heavy atom. The van der Waals surface area contributed by atoms with Gasteiger partial charge < -0.3 is 14.2 Å². The topological polar surface area (TPSA) is 51.5 Å². The third kappa shape index (κ3) is 4.55. The van der Waals surface area contributed by atoms with Gasteiger partial charge in [0, 0.05) is 25.6 Å². The van der Waals surface area contributed by atoms with E-state index in [1.54, 1.807) is 6.07 Å². The number of nitriles is 1. The summed E-state index contributed by atoms with van der Waals surface area (Å²) in [4.78, 5) is 0. The van der Waals surface area contributed by atoms with Gasteiger partial charge in [-0.1, -0.05) is 12.1 Å². The Hall–Kier alpha value is -1.57. The molecule has 0 bridgehead atoms. The molecule has 0 aromatic heterocycles. The lowest BCUT2D eigenvalue weighted by atomic mass is 10.1. The Morgan fingerprint density at radius 3 is 3.00 bits per heavy atom. The normalized spacial score (nSPS) is 18.2. The minimum Gasteiger partial charge on any atom is -0.492 e. The van der Waals surface area contributed by atoms with Crippen LogP contribution in [0.5, 0.6) is 5.75 Å². The molecule has 1 unspecified atom stereocenters. The number of rotatable bonds is 7. The average molecular weight is 261 g/mol. The van der Waals surface area contributed by atoms with Crippen LogP contribution < -0.4 is 4.74 Å². The first-order chi connectivity index (χ1) is 9.40. The first-order valence-corrected chi connectivity index (χ1v) is 6.67. The Labute approximate surface area is 113 Å². The molecule has 1 atom stereocenters. The lowest BCUT2D eigenvalue weighted by molar-refractivity contribution is 0.0813.